The predicted octanol–water partition coefficient (Wildman–Crippen LogP) is -0.898. The van der Waals surface area contributed by atoms with E-state index in [2.05, 4.69) is 11.9 Å². The Hall–Kier alpha value is -1.56. The molecule has 2 amide bonds. The van der Waals surface area contributed by atoms with E-state index in [9.17, 15) is 9.59 Å². The van der Waals surface area contributed by atoms with Gasteiger partial charge in [0.15, 0.2) is 0 Å². The molecule has 1 aliphatic heterocycles. The van der Waals surface area contributed by atoms with Crippen LogP contribution >= 0.6 is 0 Å². The summed E-state index contributed by atoms with van der Waals surface area (Å²) in [6.45, 7) is 3.55. The number of ether oxygens (including phenoxy) is 1. The highest BCUT2D eigenvalue weighted by Crippen LogP contribution is 2.02. The number of nitrogens with zero attached hydrogens (tertiary/aromatic N) is 1. The van der Waals surface area contributed by atoms with Gasteiger partial charge in [0.2, 0.25) is 5.91 Å². The Kier molecular flexibility index (Phi) is 4.11. The van der Waals surface area contributed by atoms with Gasteiger partial charge in [-0.15, -0.1) is 0 Å². The van der Waals surface area contributed by atoms with Crippen LogP contribution in [-0.2, 0) is 9.53 Å². The summed E-state index contributed by atoms with van der Waals surface area (Å²) in [5.41, 5.74) is 0. The third-order valence-electron chi connectivity index (χ3n) is 1.94. The summed E-state index contributed by atoms with van der Waals surface area (Å²) in [7, 11) is 0. The summed E-state index contributed by atoms with van der Waals surface area (Å²) in [5.74, 6) is -0.296. The Morgan fingerprint density at radius 1 is 1.80 bits per heavy atom. The molecular formula is C9H14N2O4. The van der Waals surface area contributed by atoms with E-state index in [0.29, 0.717) is 0 Å². The number of nitrogens with one attached hydrogen (secondary N) is 1. The zero-order chi connectivity index (χ0) is 11.3. The van der Waals surface area contributed by atoms with E-state index in [0.717, 1.165) is 0 Å². The molecule has 6 nitrogen and oxygen atoms in total. The van der Waals surface area contributed by atoms with Crippen molar-refractivity contribution in [2.45, 2.75) is 6.04 Å². The summed E-state index contributed by atoms with van der Waals surface area (Å²) in [4.78, 5) is 23.7. The van der Waals surface area contributed by atoms with Crippen molar-refractivity contribution in [1.29, 1.82) is 0 Å². The fourth-order valence-corrected chi connectivity index (χ4v) is 1.29. The van der Waals surface area contributed by atoms with E-state index < -0.39 is 12.1 Å². The lowest BCUT2D eigenvalue weighted by Crippen LogP contribution is -2.57. The average molecular weight is 214 g/mol. The summed E-state index contributed by atoms with van der Waals surface area (Å²) in [6.07, 6.45) is 0.883. The molecule has 1 unspecified atom stereocenters. The van der Waals surface area contributed by atoms with Crippen LogP contribution in [0.3, 0.4) is 0 Å². The molecular weight excluding hydrogens is 200 g/mol. The fourth-order valence-electron chi connectivity index (χ4n) is 1.29. The number of rotatable bonds is 3. The van der Waals surface area contributed by atoms with E-state index in [-0.39, 0.29) is 32.2 Å². The Bertz CT molecular complexity index is 267. The van der Waals surface area contributed by atoms with Crippen LogP contribution in [0.4, 0.5) is 4.79 Å². The molecule has 0 aromatic rings. The smallest absolute Gasteiger partial charge is 0.410 e. The van der Waals surface area contributed by atoms with Crippen LogP contribution in [0.2, 0.25) is 0 Å². The number of hydrogen-bond donors (Lipinski definition) is 2. The van der Waals surface area contributed by atoms with Gasteiger partial charge in [0.05, 0.1) is 12.6 Å². The van der Waals surface area contributed by atoms with Crippen molar-refractivity contribution >= 4 is 12.0 Å². The zero-order valence-corrected chi connectivity index (χ0v) is 8.31. The maximum atomic E-state index is 11.4. The molecule has 6 heteroatoms. The Morgan fingerprint density at radius 2 is 2.53 bits per heavy atom. The number of piperazine rings is 1. The van der Waals surface area contributed by atoms with Crippen molar-refractivity contribution in [3.8, 4) is 0 Å². The van der Waals surface area contributed by atoms with Gasteiger partial charge in [0, 0.05) is 6.54 Å². The second-order valence-corrected chi connectivity index (χ2v) is 3.19. The van der Waals surface area contributed by atoms with Crippen molar-refractivity contribution in [2.75, 3.05) is 26.3 Å². The maximum Gasteiger partial charge on any atom is 0.410 e. The van der Waals surface area contributed by atoms with Crippen LogP contribution in [0.5, 0.6) is 0 Å². The third-order valence-corrected chi connectivity index (χ3v) is 1.94. The molecule has 84 valence electrons. The summed E-state index contributed by atoms with van der Waals surface area (Å²) in [5, 5.41) is 11.4. The second kappa shape index (κ2) is 5.35. The average Bonchev–Trinajstić information content (AvgIpc) is 2.24. The lowest BCUT2D eigenvalue weighted by Gasteiger charge is -2.31. The molecule has 1 heterocycles. The van der Waals surface area contributed by atoms with E-state index in [1.807, 2.05) is 0 Å². The number of hydrogen-bond acceptors (Lipinski definition) is 4. The molecule has 1 atom stereocenters. The van der Waals surface area contributed by atoms with Crippen LogP contribution in [0.25, 0.3) is 0 Å². The largest absolute Gasteiger partial charge is 0.445 e. The first kappa shape index (κ1) is 11.5. The molecule has 1 fully saturated rings. The lowest BCUT2D eigenvalue weighted by molar-refractivity contribution is -0.125. The maximum absolute atomic E-state index is 11.4. The molecule has 2 N–H and O–H groups in total. The van der Waals surface area contributed by atoms with Gasteiger partial charge in [0.25, 0.3) is 0 Å². The van der Waals surface area contributed by atoms with Gasteiger partial charge in [-0.1, -0.05) is 12.7 Å². The molecule has 0 saturated carbocycles. The number of aliphatic hydroxyl groups is 1. The molecule has 0 radical (unpaired) electrons. The SMILES string of the molecule is C=CCOC(=O)N1CC(=O)NC(CO)C1. The van der Waals surface area contributed by atoms with Gasteiger partial charge in [-0.2, -0.15) is 0 Å². The fraction of sp³-hybridized carbons (Fsp3) is 0.556. The molecule has 0 aromatic carbocycles. The zero-order valence-electron chi connectivity index (χ0n) is 8.31. The highest BCUT2D eigenvalue weighted by atomic mass is 16.6. The minimum Gasteiger partial charge on any atom is -0.445 e. The van der Waals surface area contributed by atoms with Crippen molar-refractivity contribution in [1.82, 2.24) is 10.2 Å². The molecule has 0 bridgehead atoms. The van der Waals surface area contributed by atoms with E-state index in [1.54, 1.807) is 0 Å². The van der Waals surface area contributed by atoms with Gasteiger partial charge < -0.3 is 15.2 Å². The normalized spacial score (nSPS) is 20.7. The summed E-state index contributed by atoms with van der Waals surface area (Å²) >= 11 is 0. The van der Waals surface area contributed by atoms with Crippen LogP contribution in [0.15, 0.2) is 12.7 Å². The van der Waals surface area contributed by atoms with Gasteiger partial charge >= 0.3 is 6.09 Å². The van der Waals surface area contributed by atoms with Crippen LogP contribution in [-0.4, -0.2) is 54.4 Å². The highest BCUT2D eigenvalue weighted by Gasteiger charge is 2.28. The van der Waals surface area contributed by atoms with Crippen molar-refractivity contribution in [3.63, 3.8) is 0 Å². The molecule has 1 saturated heterocycles. The Balaban J connectivity index is 2.49. The lowest BCUT2D eigenvalue weighted by atomic mass is 10.2. The minimum atomic E-state index is -0.566. The number of amides is 2. The first-order chi connectivity index (χ1) is 7.17. The number of aliphatic hydroxyl groups excluding tert-OH is 1. The Labute approximate surface area is 87.5 Å². The number of carbonyl (C=O) groups excluding carboxylic acids is 2. The monoisotopic (exact) mass is 214 g/mol. The molecule has 1 rings (SSSR count). The third kappa shape index (κ3) is 3.25. The van der Waals surface area contributed by atoms with Crippen LogP contribution in [0, 0.1) is 0 Å². The highest BCUT2D eigenvalue weighted by molar-refractivity contribution is 5.83. The minimum absolute atomic E-state index is 0.0352. The number of carbonyl (C=O) groups is 2. The molecule has 0 aliphatic carbocycles. The van der Waals surface area contributed by atoms with E-state index in [1.165, 1.54) is 11.0 Å². The second-order valence-electron chi connectivity index (χ2n) is 3.19. The predicted molar refractivity (Wildman–Crippen MR) is 52.1 cm³/mol. The van der Waals surface area contributed by atoms with Crippen molar-refractivity contribution in [3.05, 3.63) is 12.7 Å². The van der Waals surface area contributed by atoms with Crippen molar-refractivity contribution in [2.24, 2.45) is 0 Å². The summed E-state index contributed by atoms with van der Waals surface area (Å²) in [6, 6.07) is -0.414. The van der Waals surface area contributed by atoms with Crippen LogP contribution in [0.1, 0.15) is 0 Å². The topological polar surface area (TPSA) is 78.9 Å². The quantitative estimate of drug-likeness (QED) is 0.597. The van der Waals surface area contributed by atoms with Crippen LogP contribution < -0.4 is 5.32 Å². The molecule has 1 aliphatic rings. The standard InChI is InChI=1S/C9H14N2O4/c1-2-3-15-9(14)11-4-7(6-12)10-8(13)5-11/h2,7,12H,1,3-6H2,(H,10,13). The first-order valence-corrected chi connectivity index (χ1v) is 4.60. The Morgan fingerprint density at radius 3 is 3.13 bits per heavy atom. The molecule has 15 heavy (non-hydrogen) atoms. The van der Waals surface area contributed by atoms with Gasteiger partial charge in [-0.25, -0.2) is 4.79 Å². The van der Waals surface area contributed by atoms with Crippen molar-refractivity contribution < 1.29 is 19.4 Å². The van der Waals surface area contributed by atoms with Gasteiger partial charge in [0.1, 0.15) is 13.2 Å². The first-order valence-electron chi connectivity index (χ1n) is 4.60. The van der Waals surface area contributed by atoms with Gasteiger partial charge in [-0.3, -0.25) is 9.69 Å². The summed E-state index contributed by atoms with van der Waals surface area (Å²) < 4.78 is 4.78. The molecule has 0 aromatic heterocycles. The van der Waals surface area contributed by atoms with Gasteiger partial charge in [-0.05, 0) is 0 Å². The van der Waals surface area contributed by atoms with E-state index in [4.69, 9.17) is 9.84 Å². The van der Waals surface area contributed by atoms with E-state index >= 15 is 0 Å². The molecule has 0 spiro atoms.